The fourth-order valence-electron chi connectivity index (χ4n) is 2.16. The van der Waals surface area contributed by atoms with Crippen LogP contribution in [0.3, 0.4) is 0 Å². The molecule has 6 nitrogen and oxygen atoms in total. The van der Waals surface area contributed by atoms with Crippen LogP contribution in [0.4, 0.5) is 5.69 Å². The van der Waals surface area contributed by atoms with Gasteiger partial charge in [-0.15, -0.1) is 0 Å². The van der Waals surface area contributed by atoms with Crippen LogP contribution in [-0.2, 0) is 19.4 Å². The predicted molar refractivity (Wildman–Crippen MR) is 94.1 cm³/mol. The van der Waals surface area contributed by atoms with Gasteiger partial charge in [0.25, 0.3) is 0 Å². The van der Waals surface area contributed by atoms with Crippen LogP contribution in [0.25, 0.3) is 0 Å². The van der Waals surface area contributed by atoms with Gasteiger partial charge in [-0.2, -0.15) is 0 Å². The van der Waals surface area contributed by atoms with Crippen molar-refractivity contribution in [1.82, 2.24) is 0 Å². The normalized spacial score (nSPS) is 10.9. The topological polar surface area (TPSA) is 89.5 Å². The number of esters is 1. The molecule has 2 rings (SSSR count). The molecule has 0 atom stereocenters. The molecule has 0 radical (unpaired) electrons. The van der Waals surface area contributed by atoms with Crippen molar-refractivity contribution in [3.8, 4) is 0 Å². The lowest BCUT2D eigenvalue weighted by Gasteiger charge is -2.10. The second kappa shape index (κ2) is 8.43. The Balaban J connectivity index is 2.03. The summed E-state index contributed by atoms with van der Waals surface area (Å²) in [6.07, 6.45) is -0.214. The lowest BCUT2D eigenvalue weighted by atomic mass is 10.1. The van der Waals surface area contributed by atoms with E-state index in [0.717, 1.165) is 0 Å². The largest absolute Gasteiger partial charge is 0.462 e. The molecule has 0 unspecified atom stereocenters. The van der Waals surface area contributed by atoms with E-state index in [0.29, 0.717) is 5.69 Å². The number of hydrogen-bond acceptors (Lipinski definition) is 5. The number of hydrogen-bond donors (Lipinski definition) is 1. The van der Waals surface area contributed by atoms with E-state index in [9.17, 15) is 18.0 Å². The third kappa shape index (κ3) is 5.15. The molecule has 0 aliphatic carbocycles. The Morgan fingerprint density at radius 1 is 1.00 bits per heavy atom. The fraction of sp³-hybridized carbons (Fsp3) is 0.222. The summed E-state index contributed by atoms with van der Waals surface area (Å²) in [4.78, 5) is 24.2. The summed E-state index contributed by atoms with van der Waals surface area (Å²) in [5.41, 5.74) is 0.520. The molecule has 0 aromatic heterocycles. The van der Waals surface area contributed by atoms with Gasteiger partial charge >= 0.3 is 5.97 Å². The maximum absolute atomic E-state index is 12.2. The van der Waals surface area contributed by atoms with E-state index in [4.69, 9.17) is 4.74 Å². The summed E-state index contributed by atoms with van der Waals surface area (Å²) in [6.45, 7) is 1.91. The first-order chi connectivity index (χ1) is 11.9. The average Bonchev–Trinajstić information content (AvgIpc) is 2.61. The van der Waals surface area contributed by atoms with Crippen LogP contribution < -0.4 is 5.32 Å². The van der Waals surface area contributed by atoms with Crippen LogP contribution in [-0.4, -0.2) is 32.7 Å². The van der Waals surface area contributed by atoms with Crippen LogP contribution >= 0.6 is 0 Å². The summed E-state index contributed by atoms with van der Waals surface area (Å²) in [5, 5.41) is 2.57. The van der Waals surface area contributed by atoms with E-state index >= 15 is 0 Å². The molecule has 25 heavy (non-hydrogen) atoms. The molecule has 7 heteroatoms. The van der Waals surface area contributed by atoms with Gasteiger partial charge in [-0.05, 0) is 31.2 Å². The van der Waals surface area contributed by atoms with Gasteiger partial charge in [0.05, 0.1) is 28.5 Å². The van der Waals surface area contributed by atoms with Crippen molar-refractivity contribution in [2.45, 2.75) is 18.2 Å². The number of anilines is 1. The van der Waals surface area contributed by atoms with Gasteiger partial charge < -0.3 is 10.1 Å². The van der Waals surface area contributed by atoms with Crippen molar-refractivity contribution in [1.29, 1.82) is 0 Å². The van der Waals surface area contributed by atoms with E-state index in [2.05, 4.69) is 5.32 Å². The van der Waals surface area contributed by atoms with Gasteiger partial charge in [0.2, 0.25) is 5.91 Å². The Hall–Kier alpha value is -2.67. The molecule has 132 valence electrons. The number of carbonyl (C=O) groups is 2. The minimum Gasteiger partial charge on any atom is -0.462 e. The highest BCUT2D eigenvalue weighted by Gasteiger charge is 2.18. The fourth-order valence-corrected chi connectivity index (χ4v) is 3.43. The molecule has 2 aromatic rings. The molecule has 2 aromatic carbocycles. The van der Waals surface area contributed by atoms with E-state index in [1.54, 1.807) is 43.3 Å². The molecule has 0 fully saturated rings. The summed E-state index contributed by atoms with van der Waals surface area (Å²) >= 11 is 0. The third-order valence-corrected chi connectivity index (χ3v) is 5.13. The number of benzene rings is 2. The summed E-state index contributed by atoms with van der Waals surface area (Å²) in [5.74, 6) is -1.35. The number of rotatable bonds is 7. The zero-order valence-electron chi connectivity index (χ0n) is 13.8. The number of amides is 1. The maximum Gasteiger partial charge on any atom is 0.340 e. The minimum absolute atomic E-state index is 0.176. The third-order valence-electron chi connectivity index (χ3n) is 3.40. The van der Waals surface area contributed by atoms with Crippen molar-refractivity contribution < 1.29 is 22.7 Å². The molecule has 0 saturated carbocycles. The smallest absolute Gasteiger partial charge is 0.340 e. The van der Waals surface area contributed by atoms with Gasteiger partial charge in [0.1, 0.15) is 0 Å². The maximum atomic E-state index is 12.2. The van der Waals surface area contributed by atoms with Crippen molar-refractivity contribution in [3.63, 3.8) is 0 Å². The van der Waals surface area contributed by atoms with Crippen molar-refractivity contribution in [2.75, 3.05) is 17.7 Å². The molecule has 0 aliphatic rings. The molecule has 0 saturated heterocycles. The van der Waals surface area contributed by atoms with Crippen LogP contribution in [0.15, 0.2) is 59.5 Å². The number of sulfone groups is 1. The summed E-state index contributed by atoms with van der Waals surface area (Å²) < 4.78 is 29.3. The molecular formula is C18H19NO5S. The van der Waals surface area contributed by atoms with Crippen LogP contribution in [0, 0.1) is 0 Å². The molecule has 1 amide bonds. The van der Waals surface area contributed by atoms with Gasteiger partial charge in [-0.25, -0.2) is 13.2 Å². The number of carbonyl (C=O) groups excluding carboxylic acids is 2. The van der Waals surface area contributed by atoms with Crippen LogP contribution in [0.2, 0.25) is 0 Å². The Bertz CT molecular complexity index is 847. The first-order valence-corrected chi connectivity index (χ1v) is 9.43. The number of para-hydroxylation sites is 1. The predicted octanol–water partition coefficient (Wildman–Crippen LogP) is 2.67. The summed E-state index contributed by atoms with van der Waals surface area (Å²) in [7, 11) is -3.54. The molecule has 0 aliphatic heterocycles. The highest BCUT2D eigenvalue weighted by Crippen LogP contribution is 2.17. The van der Waals surface area contributed by atoms with Gasteiger partial charge in [-0.3, -0.25) is 4.79 Å². The molecular weight excluding hydrogens is 342 g/mol. The van der Waals surface area contributed by atoms with Crippen molar-refractivity contribution in [2.24, 2.45) is 0 Å². The Labute approximate surface area is 146 Å². The zero-order valence-corrected chi connectivity index (χ0v) is 14.6. The molecule has 0 heterocycles. The Morgan fingerprint density at radius 3 is 2.32 bits per heavy atom. The lowest BCUT2D eigenvalue weighted by Crippen LogP contribution is -2.19. The van der Waals surface area contributed by atoms with Crippen LogP contribution in [0.1, 0.15) is 23.7 Å². The van der Waals surface area contributed by atoms with Crippen molar-refractivity contribution in [3.05, 3.63) is 60.2 Å². The Kier molecular flexibility index (Phi) is 6.30. The minimum atomic E-state index is -3.54. The molecule has 0 bridgehead atoms. The highest BCUT2D eigenvalue weighted by atomic mass is 32.2. The van der Waals surface area contributed by atoms with E-state index in [-0.39, 0.29) is 29.2 Å². The number of ether oxygens (including phenoxy) is 1. The van der Waals surface area contributed by atoms with E-state index in [1.807, 2.05) is 0 Å². The molecule has 0 spiro atoms. The zero-order chi connectivity index (χ0) is 18.3. The second-order valence-electron chi connectivity index (χ2n) is 5.20. The Morgan fingerprint density at radius 2 is 1.64 bits per heavy atom. The van der Waals surface area contributed by atoms with Gasteiger partial charge in [-0.1, -0.05) is 30.3 Å². The monoisotopic (exact) mass is 361 g/mol. The first-order valence-electron chi connectivity index (χ1n) is 7.78. The first kappa shape index (κ1) is 18.7. The average molecular weight is 361 g/mol. The molecule has 1 N–H and O–H groups in total. The van der Waals surface area contributed by atoms with E-state index in [1.165, 1.54) is 18.2 Å². The lowest BCUT2D eigenvalue weighted by molar-refractivity contribution is -0.115. The van der Waals surface area contributed by atoms with Crippen molar-refractivity contribution >= 4 is 27.4 Å². The highest BCUT2D eigenvalue weighted by molar-refractivity contribution is 7.91. The summed E-state index contributed by atoms with van der Waals surface area (Å²) in [6, 6.07) is 14.4. The standard InChI is InChI=1S/C18H19NO5S/c1-2-24-18(21)15-10-6-7-11-16(15)19-17(20)12-13-25(22,23)14-8-4-3-5-9-14/h3-11H,2,12-13H2,1H3,(H,19,20). The van der Waals surface area contributed by atoms with Gasteiger partial charge in [0, 0.05) is 6.42 Å². The van der Waals surface area contributed by atoms with E-state index < -0.39 is 21.7 Å². The quantitative estimate of drug-likeness (QED) is 0.766. The number of nitrogens with one attached hydrogen (secondary N) is 1. The SMILES string of the molecule is CCOC(=O)c1ccccc1NC(=O)CCS(=O)(=O)c1ccccc1. The van der Waals surface area contributed by atoms with Crippen LogP contribution in [0.5, 0.6) is 0 Å². The van der Waals surface area contributed by atoms with Gasteiger partial charge in [0.15, 0.2) is 9.84 Å². The second-order valence-corrected chi connectivity index (χ2v) is 7.31.